The zero-order valence-electron chi connectivity index (χ0n) is 18.3. The quantitative estimate of drug-likeness (QED) is 0.236. The van der Waals surface area contributed by atoms with Gasteiger partial charge in [0.05, 0.1) is 12.7 Å². The van der Waals surface area contributed by atoms with Crippen molar-refractivity contribution in [3.63, 3.8) is 0 Å². The van der Waals surface area contributed by atoms with E-state index in [-0.39, 0.29) is 21.8 Å². The number of anilines is 1. The number of carbonyl (C=O) groups excluding carboxylic acids is 2. The van der Waals surface area contributed by atoms with Gasteiger partial charge in [-0.05, 0) is 55.5 Å². The Kier molecular flexibility index (Phi) is 7.46. The molecule has 3 aromatic rings. The fourth-order valence-electron chi connectivity index (χ4n) is 2.86. The number of rotatable bonds is 7. The van der Waals surface area contributed by atoms with Crippen molar-refractivity contribution in [1.29, 1.82) is 5.26 Å². The third-order valence-electron chi connectivity index (χ3n) is 4.66. The van der Waals surface area contributed by atoms with Gasteiger partial charge in [-0.25, -0.2) is 4.79 Å². The van der Waals surface area contributed by atoms with Crippen LogP contribution >= 0.6 is 0 Å². The predicted molar refractivity (Wildman–Crippen MR) is 125 cm³/mol. The van der Waals surface area contributed by atoms with Gasteiger partial charge in [-0.3, -0.25) is 4.79 Å². The van der Waals surface area contributed by atoms with Gasteiger partial charge in [-0.2, -0.15) is 13.7 Å². The number of amides is 1. The minimum atomic E-state index is -4.13. The summed E-state index contributed by atoms with van der Waals surface area (Å²) in [4.78, 5) is 24.1. The second kappa shape index (κ2) is 10.5. The molecule has 3 aromatic carbocycles. The molecule has 0 aromatic heterocycles. The highest BCUT2D eigenvalue weighted by Gasteiger charge is 2.19. The summed E-state index contributed by atoms with van der Waals surface area (Å²) >= 11 is 0. The molecule has 0 fully saturated rings. The van der Waals surface area contributed by atoms with Crippen molar-refractivity contribution < 1.29 is 26.9 Å². The van der Waals surface area contributed by atoms with E-state index in [1.165, 1.54) is 61.7 Å². The molecule has 0 bridgehead atoms. The highest BCUT2D eigenvalue weighted by atomic mass is 32.2. The van der Waals surface area contributed by atoms with E-state index in [0.29, 0.717) is 11.3 Å². The molecule has 0 unspecified atom stereocenters. The van der Waals surface area contributed by atoms with E-state index in [0.717, 1.165) is 5.56 Å². The first kappa shape index (κ1) is 24.2. The Morgan fingerprint density at radius 2 is 1.62 bits per heavy atom. The van der Waals surface area contributed by atoms with Gasteiger partial charge >= 0.3 is 16.1 Å². The SMILES string of the molecule is COC(=O)c1ccc(NC(=O)/C(C#N)=C/c2ccccc2OS(=O)(=O)c2ccc(C)cc2)cc1. The maximum Gasteiger partial charge on any atom is 0.339 e. The maximum atomic E-state index is 12.7. The van der Waals surface area contributed by atoms with E-state index in [4.69, 9.17) is 4.18 Å². The highest BCUT2D eigenvalue weighted by molar-refractivity contribution is 7.87. The van der Waals surface area contributed by atoms with Gasteiger partial charge in [-0.15, -0.1) is 0 Å². The number of benzene rings is 3. The number of para-hydroxylation sites is 1. The first-order valence-electron chi connectivity index (χ1n) is 9.95. The van der Waals surface area contributed by atoms with Crippen LogP contribution in [0.1, 0.15) is 21.5 Å². The third-order valence-corrected chi connectivity index (χ3v) is 5.91. The van der Waals surface area contributed by atoms with Gasteiger partial charge in [-0.1, -0.05) is 35.9 Å². The van der Waals surface area contributed by atoms with Crippen LogP contribution in [0, 0.1) is 18.3 Å². The Bertz CT molecular complexity index is 1390. The van der Waals surface area contributed by atoms with Crippen molar-refractivity contribution in [1.82, 2.24) is 0 Å². The summed E-state index contributed by atoms with van der Waals surface area (Å²) in [6.07, 6.45) is 1.23. The average Bonchev–Trinajstić information content (AvgIpc) is 2.83. The van der Waals surface area contributed by atoms with Gasteiger partial charge in [0.1, 0.15) is 22.3 Å². The summed E-state index contributed by atoms with van der Waals surface area (Å²) < 4.78 is 35.3. The first-order valence-corrected chi connectivity index (χ1v) is 11.4. The molecular weight excluding hydrogens is 456 g/mol. The van der Waals surface area contributed by atoms with Crippen molar-refractivity contribution in [2.24, 2.45) is 0 Å². The molecule has 0 spiro atoms. The molecule has 3 rings (SSSR count). The van der Waals surface area contributed by atoms with Crippen LogP contribution in [0.5, 0.6) is 5.75 Å². The zero-order chi connectivity index (χ0) is 24.7. The molecule has 1 N–H and O–H groups in total. The fraction of sp³-hybridized carbons (Fsp3) is 0.0800. The second-order valence-electron chi connectivity index (χ2n) is 7.08. The summed E-state index contributed by atoms with van der Waals surface area (Å²) in [6.45, 7) is 1.83. The van der Waals surface area contributed by atoms with Crippen LogP contribution in [-0.2, 0) is 19.6 Å². The standard InChI is InChI=1S/C25H20N2O6S/c1-17-7-13-22(14-8-17)34(30,31)33-23-6-4-3-5-19(23)15-20(16-26)24(28)27-21-11-9-18(10-12-21)25(29)32-2/h3-15H,1-2H3,(H,27,28)/b20-15+. The lowest BCUT2D eigenvalue weighted by Gasteiger charge is -2.10. The monoisotopic (exact) mass is 476 g/mol. The van der Waals surface area contributed by atoms with Crippen molar-refractivity contribution >= 4 is 33.8 Å². The fourth-order valence-corrected chi connectivity index (χ4v) is 3.81. The molecule has 0 atom stereocenters. The minimum Gasteiger partial charge on any atom is -0.465 e. The van der Waals surface area contributed by atoms with E-state index < -0.39 is 22.0 Å². The molecular formula is C25H20N2O6S. The van der Waals surface area contributed by atoms with Crippen LogP contribution < -0.4 is 9.50 Å². The Morgan fingerprint density at radius 1 is 0.971 bits per heavy atom. The molecule has 0 radical (unpaired) electrons. The number of nitriles is 1. The summed E-state index contributed by atoms with van der Waals surface area (Å²) in [5.41, 5.74) is 1.50. The lowest BCUT2D eigenvalue weighted by atomic mass is 10.1. The number of hydrogen-bond donors (Lipinski definition) is 1. The Labute approximate surface area is 197 Å². The van der Waals surface area contributed by atoms with E-state index in [2.05, 4.69) is 10.1 Å². The van der Waals surface area contributed by atoms with E-state index in [1.54, 1.807) is 24.3 Å². The summed E-state index contributed by atoms with van der Waals surface area (Å²) in [5, 5.41) is 12.1. The number of ether oxygens (including phenoxy) is 1. The van der Waals surface area contributed by atoms with Gasteiger partial charge in [0.15, 0.2) is 0 Å². The molecule has 8 nitrogen and oxygen atoms in total. The lowest BCUT2D eigenvalue weighted by Crippen LogP contribution is -2.14. The van der Waals surface area contributed by atoms with Gasteiger partial charge in [0.25, 0.3) is 5.91 Å². The first-order chi connectivity index (χ1) is 16.2. The smallest absolute Gasteiger partial charge is 0.339 e. The second-order valence-corrected chi connectivity index (χ2v) is 8.63. The largest absolute Gasteiger partial charge is 0.465 e. The topological polar surface area (TPSA) is 123 Å². The highest BCUT2D eigenvalue weighted by Crippen LogP contribution is 2.25. The Hall–Kier alpha value is -4.42. The van der Waals surface area contributed by atoms with Crippen molar-refractivity contribution in [2.45, 2.75) is 11.8 Å². The Balaban J connectivity index is 1.84. The van der Waals surface area contributed by atoms with Crippen LogP contribution in [0.25, 0.3) is 6.08 Å². The van der Waals surface area contributed by atoms with Crippen LogP contribution in [0.15, 0.2) is 83.3 Å². The minimum absolute atomic E-state index is 0.0227. The van der Waals surface area contributed by atoms with Crippen molar-refractivity contribution in [3.8, 4) is 11.8 Å². The van der Waals surface area contributed by atoms with E-state index in [1.807, 2.05) is 13.0 Å². The van der Waals surface area contributed by atoms with Gasteiger partial charge in [0, 0.05) is 11.3 Å². The number of esters is 1. The van der Waals surface area contributed by atoms with E-state index >= 15 is 0 Å². The molecule has 0 saturated heterocycles. The van der Waals surface area contributed by atoms with E-state index in [9.17, 15) is 23.3 Å². The third kappa shape index (κ3) is 5.88. The van der Waals surface area contributed by atoms with Gasteiger partial charge in [0.2, 0.25) is 0 Å². The molecule has 0 aliphatic carbocycles. The van der Waals surface area contributed by atoms with Crippen LogP contribution in [0.2, 0.25) is 0 Å². The maximum absolute atomic E-state index is 12.7. The molecule has 34 heavy (non-hydrogen) atoms. The van der Waals surface area contributed by atoms with Crippen LogP contribution in [0.4, 0.5) is 5.69 Å². The number of hydrogen-bond acceptors (Lipinski definition) is 7. The zero-order valence-corrected chi connectivity index (χ0v) is 19.1. The number of methoxy groups -OCH3 is 1. The number of carbonyl (C=O) groups is 2. The van der Waals surface area contributed by atoms with Crippen LogP contribution in [0.3, 0.4) is 0 Å². The van der Waals surface area contributed by atoms with Crippen molar-refractivity contribution in [2.75, 3.05) is 12.4 Å². The summed E-state index contributed by atoms with van der Waals surface area (Å²) in [7, 11) is -2.87. The predicted octanol–water partition coefficient (Wildman–Crippen LogP) is 4.10. The molecule has 1 amide bonds. The summed E-state index contributed by atoms with van der Waals surface area (Å²) in [5.74, 6) is -1.27. The molecule has 0 heterocycles. The molecule has 9 heteroatoms. The number of nitrogens with zero attached hydrogens (tertiary/aromatic N) is 1. The lowest BCUT2D eigenvalue weighted by molar-refractivity contribution is -0.112. The molecule has 0 aliphatic rings. The summed E-state index contributed by atoms with van der Waals surface area (Å²) in [6, 6.07) is 20.0. The van der Waals surface area contributed by atoms with Crippen LogP contribution in [-0.4, -0.2) is 27.4 Å². The molecule has 0 saturated carbocycles. The van der Waals surface area contributed by atoms with Crippen molar-refractivity contribution in [3.05, 3.63) is 95.1 Å². The Morgan fingerprint density at radius 3 is 2.24 bits per heavy atom. The van der Waals surface area contributed by atoms with Gasteiger partial charge < -0.3 is 14.2 Å². The number of aryl methyl sites for hydroxylation is 1. The molecule has 0 aliphatic heterocycles. The number of nitrogens with one attached hydrogen (secondary N) is 1. The normalized spacial score (nSPS) is 11.3. The molecule has 172 valence electrons. The average molecular weight is 477 g/mol.